The van der Waals surface area contributed by atoms with Crippen molar-refractivity contribution in [3.8, 4) is 5.75 Å². The van der Waals surface area contributed by atoms with Gasteiger partial charge in [-0.15, -0.1) is 0 Å². The lowest BCUT2D eigenvalue weighted by atomic mass is 9.95. The fourth-order valence-electron chi connectivity index (χ4n) is 5.45. The largest absolute Gasteiger partial charge is 0.497 e. The number of carbonyl (C=O) groups excluding carboxylic acids is 3. The molecule has 202 valence electrons. The van der Waals surface area contributed by atoms with Crippen molar-refractivity contribution in [3.63, 3.8) is 0 Å². The van der Waals surface area contributed by atoms with E-state index in [0.717, 1.165) is 38.3 Å². The third-order valence-corrected chi connectivity index (χ3v) is 7.74. The maximum absolute atomic E-state index is 13.2. The molecule has 0 saturated carbocycles. The molecule has 6 rings (SSSR count). The Bertz CT molecular complexity index is 1510. The van der Waals surface area contributed by atoms with Crippen LogP contribution in [0.2, 0.25) is 0 Å². The Morgan fingerprint density at radius 3 is 2.62 bits per heavy atom. The molecule has 3 aromatic rings. The van der Waals surface area contributed by atoms with Gasteiger partial charge in [0.05, 0.1) is 13.7 Å². The van der Waals surface area contributed by atoms with Crippen LogP contribution >= 0.6 is 0 Å². The highest BCUT2D eigenvalue weighted by Gasteiger charge is 2.53. The van der Waals surface area contributed by atoms with Crippen LogP contribution in [0.4, 0.5) is 4.79 Å². The van der Waals surface area contributed by atoms with Gasteiger partial charge in [0, 0.05) is 44.4 Å². The van der Waals surface area contributed by atoms with E-state index in [1.165, 1.54) is 12.0 Å². The van der Waals surface area contributed by atoms with Gasteiger partial charge < -0.3 is 29.2 Å². The summed E-state index contributed by atoms with van der Waals surface area (Å²) in [6, 6.07) is 9.62. The molecule has 12 nitrogen and oxygen atoms in total. The fourth-order valence-corrected chi connectivity index (χ4v) is 5.45. The molecule has 12 heteroatoms. The molecule has 2 saturated heterocycles. The Hall–Kier alpha value is -4.45. The van der Waals surface area contributed by atoms with Crippen LogP contribution in [0.1, 0.15) is 34.3 Å². The number of furan rings is 1. The van der Waals surface area contributed by atoms with Gasteiger partial charge in [0.15, 0.2) is 11.1 Å². The van der Waals surface area contributed by atoms with Crippen molar-refractivity contribution in [1.29, 1.82) is 5.41 Å². The summed E-state index contributed by atoms with van der Waals surface area (Å²) in [4.78, 5) is 49.3. The van der Waals surface area contributed by atoms with Crippen LogP contribution in [-0.2, 0) is 16.9 Å². The first-order valence-electron chi connectivity index (χ1n) is 12.9. The van der Waals surface area contributed by atoms with E-state index >= 15 is 0 Å². The van der Waals surface area contributed by atoms with Crippen LogP contribution in [0.5, 0.6) is 5.75 Å². The van der Waals surface area contributed by atoms with Crippen molar-refractivity contribution >= 4 is 34.8 Å². The molecule has 3 aliphatic rings. The molecule has 1 atom stereocenters. The number of amidine groups is 1. The van der Waals surface area contributed by atoms with Crippen LogP contribution in [0.15, 0.2) is 40.8 Å². The number of carbonyl (C=O) groups is 3. The molecule has 0 aliphatic carbocycles. The third-order valence-electron chi connectivity index (χ3n) is 7.74. The van der Waals surface area contributed by atoms with Crippen molar-refractivity contribution in [3.05, 3.63) is 59.0 Å². The number of amides is 4. The third kappa shape index (κ3) is 4.16. The normalized spacial score (nSPS) is 21.3. The average Bonchev–Trinajstić information content (AvgIpc) is 3.61. The minimum absolute atomic E-state index is 0.134. The van der Waals surface area contributed by atoms with Gasteiger partial charge >= 0.3 is 6.03 Å². The summed E-state index contributed by atoms with van der Waals surface area (Å²) in [5.41, 5.74) is 1.01. The quantitative estimate of drug-likeness (QED) is 0.247. The number of piperazine rings is 1. The van der Waals surface area contributed by atoms with E-state index in [1.54, 1.807) is 30.3 Å². The summed E-state index contributed by atoms with van der Waals surface area (Å²) in [6.45, 7) is 6.52. The number of nitrogens with one attached hydrogen (secondary N) is 3. The van der Waals surface area contributed by atoms with Crippen molar-refractivity contribution in [2.24, 2.45) is 0 Å². The average molecular weight is 532 g/mol. The van der Waals surface area contributed by atoms with Crippen molar-refractivity contribution in [2.75, 3.05) is 46.4 Å². The Kier molecular flexibility index (Phi) is 5.98. The van der Waals surface area contributed by atoms with Gasteiger partial charge in [-0.25, -0.2) is 9.78 Å². The van der Waals surface area contributed by atoms with E-state index in [2.05, 4.69) is 27.4 Å². The summed E-state index contributed by atoms with van der Waals surface area (Å²) in [5, 5.41) is 13.7. The zero-order valence-electron chi connectivity index (χ0n) is 21.7. The number of hydrogen-bond acceptors (Lipinski definition) is 8. The molecule has 2 fully saturated rings. The standard InChI is InChI=1S/C27H29N7O5/c1-3-32-8-10-33(11-9-32)23(28)19-6-7-21-20(29-19)13-22(39-21)27(25(36)30-26(37)31-27)15-34-14-16-4-5-17(38-2)12-18(16)24(34)35/h4-7,12-13,28H,3,8-11,14-15H2,1-2H3,(H2,30,31,36,37)/t27-/m0/s1. The van der Waals surface area contributed by atoms with Crippen LogP contribution in [-0.4, -0.2) is 89.7 Å². The number of benzene rings is 1. The zero-order valence-corrected chi connectivity index (χ0v) is 21.7. The molecular formula is C27H29N7O5. The number of fused-ring (bicyclic) bond motifs is 2. The van der Waals surface area contributed by atoms with Gasteiger partial charge in [0.1, 0.15) is 28.6 Å². The minimum atomic E-state index is -1.64. The second-order valence-electron chi connectivity index (χ2n) is 9.96. The monoisotopic (exact) mass is 531 g/mol. The van der Waals surface area contributed by atoms with Gasteiger partial charge in [-0.2, -0.15) is 0 Å². The van der Waals surface area contributed by atoms with Gasteiger partial charge in [-0.3, -0.25) is 20.3 Å². The maximum atomic E-state index is 13.2. The minimum Gasteiger partial charge on any atom is -0.497 e. The molecule has 39 heavy (non-hydrogen) atoms. The molecule has 4 amide bonds. The van der Waals surface area contributed by atoms with Crippen LogP contribution < -0.4 is 15.4 Å². The molecule has 0 bridgehead atoms. The number of imide groups is 1. The lowest BCUT2D eigenvalue weighted by Crippen LogP contribution is -2.52. The zero-order chi connectivity index (χ0) is 27.3. The highest BCUT2D eigenvalue weighted by atomic mass is 16.5. The Labute approximate surface area is 224 Å². The van der Waals surface area contributed by atoms with Crippen LogP contribution in [0.3, 0.4) is 0 Å². The molecule has 0 radical (unpaired) electrons. The number of methoxy groups -OCH3 is 1. The predicted octanol–water partition coefficient (Wildman–Crippen LogP) is 1.49. The molecule has 0 unspecified atom stereocenters. The molecular weight excluding hydrogens is 502 g/mol. The summed E-state index contributed by atoms with van der Waals surface area (Å²) >= 11 is 0. The first-order chi connectivity index (χ1) is 18.8. The first kappa shape index (κ1) is 24.9. The van der Waals surface area contributed by atoms with Crippen molar-refractivity contribution in [1.82, 2.24) is 30.3 Å². The van der Waals surface area contributed by atoms with Gasteiger partial charge in [0.25, 0.3) is 11.8 Å². The van der Waals surface area contributed by atoms with Gasteiger partial charge in [0.2, 0.25) is 0 Å². The second kappa shape index (κ2) is 9.38. The van der Waals surface area contributed by atoms with E-state index < -0.39 is 17.5 Å². The topological polar surface area (TPSA) is 144 Å². The molecule has 1 aromatic carbocycles. The smallest absolute Gasteiger partial charge is 0.322 e. The van der Waals surface area contributed by atoms with Crippen molar-refractivity contribution < 1.29 is 23.5 Å². The predicted molar refractivity (Wildman–Crippen MR) is 141 cm³/mol. The molecule has 5 heterocycles. The molecule has 2 aromatic heterocycles. The highest BCUT2D eigenvalue weighted by Crippen LogP contribution is 2.34. The molecule has 3 aliphatic heterocycles. The SMILES string of the molecule is CCN1CCN(C(=N)c2ccc3oc([C@]4(CN5Cc6ccc(OC)cc6C5=O)NC(=O)NC4=O)cc3n2)CC1. The Morgan fingerprint density at radius 1 is 1.13 bits per heavy atom. The maximum Gasteiger partial charge on any atom is 0.322 e. The summed E-state index contributed by atoms with van der Waals surface area (Å²) < 4.78 is 11.3. The first-order valence-corrected chi connectivity index (χ1v) is 12.9. The van der Waals surface area contributed by atoms with E-state index in [4.69, 9.17) is 14.6 Å². The number of urea groups is 1. The fraction of sp³-hybridized carbons (Fsp3) is 0.370. The Balaban J connectivity index is 1.30. The summed E-state index contributed by atoms with van der Waals surface area (Å²) in [7, 11) is 1.53. The number of rotatable bonds is 6. The number of aromatic nitrogens is 1. The number of likely N-dealkylation sites (N-methyl/N-ethyl adjacent to an activating group) is 1. The van der Waals surface area contributed by atoms with E-state index in [1.807, 2.05) is 11.0 Å². The van der Waals surface area contributed by atoms with Crippen LogP contribution in [0.25, 0.3) is 11.1 Å². The second-order valence-corrected chi connectivity index (χ2v) is 9.96. The lowest BCUT2D eigenvalue weighted by molar-refractivity contribution is -0.125. The number of hydrogen-bond donors (Lipinski definition) is 3. The van der Waals surface area contributed by atoms with E-state index in [0.29, 0.717) is 33.9 Å². The molecule has 3 N–H and O–H groups in total. The van der Waals surface area contributed by atoms with Gasteiger partial charge in [-0.1, -0.05) is 13.0 Å². The van der Waals surface area contributed by atoms with E-state index in [-0.39, 0.29) is 24.8 Å². The summed E-state index contributed by atoms with van der Waals surface area (Å²) in [5.74, 6) is 0.158. The van der Waals surface area contributed by atoms with Gasteiger partial charge in [-0.05, 0) is 36.4 Å². The van der Waals surface area contributed by atoms with Crippen LogP contribution in [0, 0.1) is 5.41 Å². The highest BCUT2D eigenvalue weighted by molar-refractivity contribution is 6.08. The van der Waals surface area contributed by atoms with E-state index in [9.17, 15) is 14.4 Å². The Morgan fingerprint density at radius 2 is 1.92 bits per heavy atom. The number of ether oxygens (including phenoxy) is 1. The number of nitrogens with zero attached hydrogens (tertiary/aromatic N) is 4. The number of pyridine rings is 1. The lowest BCUT2D eigenvalue weighted by Gasteiger charge is -2.35. The van der Waals surface area contributed by atoms with Crippen molar-refractivity contribution in [2.45, 2.75) is 19.0 Å². The summed E-state index contributed by atoms with van der Waals surface area (Å²) in [6.07, 6.45) is 0. The molecule has 0 spiro atoms.